The van der Waals surface area contributed by atoms with Gasteiger partial charge in [-0.1, -0.05) is 24.6 Å². The van der Waals surface area contributed by atoms with Crippen LogP contribution in [0.3, 0.4) is 0 Å². The predicted molar refractivity (Wildman–Crippen MR) is 70.9 cm³/mol. The van der Waals surface area contributed by atoms with Crippen molar-refractivity contribution >= 4 is 17.4 Å². The molecule has 0 aromatic carbocycles. The molecule has 0 saturated carbocycles. The summed E-state index contributed by atoms with van der Waals surface area (Å²) in [6, 6.07) is 5.53. The molecule has 2 heterocycles. The van der Waals surface area contributed by atoms with Crippen LogP contribution in [0.4, 0.5) is 0 Å². The van der Waals surface area contributed by atoms with Crippen molar-refractivity contribution in [2.45, 2.75) is 19.8 Å². The van der Waals surface area contributed by atoms with Crippen molar-refractivity contribution in [3.8, 4) is 0 Å². The van der Waals surface area contributed by atoms with Gasteiger partial charge in [-0.25, -0.2) is 0 Å². The summed E-state index contributed by atoms with van der Waals surface area (Å²) in [5, 5.41) is 0.514. The summed E-state index contributed by atoms with van der Waals surface area (Å²) >= 11 is 5.99. The number of rotatable bonds is 4. The molecule has 2 rings (SSSR count). The molecule has 0 amide bonds. The van der Waals surface area contributed by atoms with E-state index >= 15 is 0 Å². The Balaban J connectivity index is 2.25. The zero-order valence-corrected chi connectivity index (χ0v) is 10.8. The fourth-order valence-electron chi connectivity index (χ4n) is 1.78. The summed E-state index contributed by atoms with van der Waals surface area (Å²) in [6.07, 6.45) is 5.86. The Hall–Kier alpha value is -1.74. The van der Waals surface area contributed by atoms with E-state index in [-0.39, 0.29) is 12.2 Å². The zero-order chi connectivity index (χ0) is 13.0. The lowest BCUT2D eigenvalue weighted by molar-refractivity contribution is 0.0987. The Bertz CT molecular complexity index is 569. The summed E-state index contributed by atoms with van der Waals surface area (Å²) in [7, 11) is 0. The third-order valence-electron chi connectivity index (χ3n) is 2.74. The zero-order valence-electron chi connectivity index (χ0n) is 10.1. The molecule has 0 unspecified atom stereocenters. The van der Waals surface area contributed by atoms with Gasteiger partial charge in [-0.05, 0) is 29.7 Å². The third-order valence-corrected chi connectivity index (χ3v) is 3.08. The maximum absolute atomic E-state index is 12.2. The van der Waals surface area contributed by atoms with Gasteiger partial charge in [0.1, 0.15) is 5.69 Å². The van der Waals surface area contributed by atoms with Crippen LogP contribution in [-0.2, 0) is 12.8 Å². The molecule has 2 aromatic rings. The summed E-state index contributed by atoms with van der Waals surface area (Å²) in [6.45, 7) is 2.01. The second kappa shape index (κ2) is 5.74. The van der Waals surface area contributed by atoms with Crippen LogP contribution in [-0.4, -0.2) is 15.8 Å². The van der Waals surface area contributed by atoms with Gasteiger partial charge in [0.15, 0.2) is 5.78 Å². The number of hydrogen-bond acceptors (Lipinski definition) is 3. The molecule has 4 heteroatoms. The van der Waals surface area contributed by atoms with E-state index in [0.29, 0.717) is 10.7 Å². The minimum atomic E-state index is -0.0134. The van der Waals surface area contributed by atoms with E-state index in [1.165, 1.54) is 0 Å². The second-order valence-corrected chi connectivity index (χ2v) is 4.34. The number of carbonyl (C=O) groups excluding carboxylic acids is 1. The lowest BCUT2D eigenvalue weighted by atomic mass is 10.0. The van der Waals surface area contributed by atoms with E-state index in [0.717, 1.165) is 17.5 Å². The SMILES string of the molecule is CCc1cccnc1C(=O)Cc1ccncc1Cl. The lowest BCUT2D eigenvalue weighted by Crippen LogP contribution is -2.09. The lowest BCUT2D eigenvalue weighted by Gasteiger charge is -2.06. The Labute approximate surface area is 111 Å². The first-order valence-electron chi connectivity index (χ1n) is 5.78. The molecule has 0 fully saturated rings. The van der Waals surface area contributed by atoms with Gasteiger partial charge in [-0.3, -0.25) is 14.8 Å². The van der Waals surface area contributed by atoms with E-state index in [1.54, 1.807) is 24.7 Å². The largest absolute Gasteiger partial charge is 0.292 e. The quantitative estimate of drug-likeness (QED) is 0.794. The molecule has 18 heavy (non-hydrogen) atoms. The number of pyridine rings is 2. The Morgan fingerprint density at radius 1 is 1.28 bits per heavy atom. The number of hydrogen-bond donors (Lipinski definition) is 0. The van der Waals surface area contributed by atoms with Crippen molar-refractivity contribution in [1.82, 2.24) is 9.97 Å². The highest BCUT2D eigenvalue weighted by molar-refractivity contribution is 6.31. The molecular weight excluding hydrogens is 248 g/mol. The van der Waals surface area contributed by atoms with Gasteiger partial charge in [0, 0.05) is 25.0 Å². The van der Waals surface area contributed by atoms with E-state index in [9.17, 15) is 4.79 Å². The number of ketones is 1. The molecule has 3 nitrogen and oxygen atoms in total. The maximum atomic E-state index is 12.2. The molecule has 0 radical (unpaired) electrons. The fraction of sp³-hybridized carbons (Fsp3) is 0.214. The molecule has 0 aliphatic rings. The normalized spacial score (nSPS) is 10.3. The minimum Gasteiger partial charge on any atom is -0.292 e. The van der Waals surface area contributed by atoms with Gasteiger partial charge in [-0.2, -0.15) is 0 Å². The second-order valence-electron chi connectivity index (χ2n) is 3.93. The highest BCUT2D eigenvalue weighted by Gasteiger charge is 2.13. The van der Waals surface area contributed by atoms with Crippen LogP contribution in [0.2, 0.25) is 5.02 Å². The molecule has 2 aromatic heterocycles. The molecule has 0 spiro atoms. The number of aromatic nitrogens is 2. The standard InChI is InChI=1S/C14H13ClN2O/c1-2-10-4-3-6-17-14(10)13(18)8-11-5-7-16-9-12(11)15/h3-7,9H,2,8H2,1H3. The highest BCUT2D eigenvalue weighted by atomic mass is 35.5. The summed E-state index contributed by atoms with van der Waals surface area (Å²) < 4.78 is 0. The topological polar surface area (TPSA) is 42.9 Å². The average Bonchev–Trinajstić information content (AvgIpc) is 2.41. The molecule has 92 valence electrons. The van der Waals surface area contributed by atoms with Crippen molar-refractivity contribution in [2.75, 3.05) is 0 Å². The molecule has 0 atom stereocenters. The molecule has 0 aliphatic heterocycles. The van der Waals surface area contributed by atoms with E-state index in [2.05, 4.69) is 9.97 Å². The molecule has 0 saturated heterocycles. The third kappa shape index (κ3) is 2.74. The van der Waals surface area contributed by atoms with Gasteiger partial charge < -0.3 is 0 Å². The monoisotopic (exact) mass is 260 g/mol. The summed E-state index contributed by atoms with van der Waals surface area (Å²) in [4.78, 5) is 20.3. The predicted octanol–water partition coefficient (Wildman–Crippen LogP) is 3.12. The van der Waals surface area contributed by atoms with Crippen LogP contribution in [0.5, 0.6) is 0 Å². The number of nitrogens with zero attached hydrogens (tertiary/aromatic N) is 2. The van der Waals surface area contributed by atoms with E-state index < -0.39 is 0 Å². The molecule has 0 bridgehead atoms. The van der Waals surface area contributed by atoms with Gasteiger partial charge in [0.25, 0.3) is 0 Å². The van der Waals surface area contributed by atoms with E-state index in [4.69, 9.17) is 11.6 Å². The summed E-state index contributed by atoms with van der Waals surface area (Å²) in [5.41, 5.74) is 2.28. The number of Topliss-reactive ketones (excluding diaryl/α,β-unsaturated/α-hetero) is 1. The molecular formula is C14H13ClN2O. The first-order chi connectivity index (χ1) is 8.72. The van der Waals surface area contributed by atoms with Crippen LogP contribution in [0.1, 0.15) is 28.5 Å². The average molecular weight is 261 g/mol. The minimum absolute atomic E-state index is 0.0134. The Morgan fingerprint density at radius 3 is 2.83 bits per heavy atom. The highest BCUT2D eigenvalue weighted by Crippen LogP contribution is 2.17. The van der Waals surface area contributed by atoms with Crippen LogP contribution in [0.15, 0.2) is 36.8 Å². The van der Waals surface area contributed by atoms with Gasteiger partial charge in [0.05, 0.1) is 5.02 Å². The van der Waals surface area contributed by atoms with Gasteiger partial charge in [0.2, 0.25) is 0 Å². The van der Waals surface area contributed by atoms with Crippen LogP contribution < -0.4 is 0 Å². The smallest absolute Gasteiger partial charge is 0.185 e. The van der Waals surface area contributed by atoms with Gasteiger partial charge >= 0.3 is 0 Å². The van der Waals surface area contributed by atoms with E-state index in [1.807, 2.05) is 19.1 Å². The van der Waals surface area contributed by atoms with Crippen LogP contribution >= 0.6 is 11.6 Å². The van der Waals surface area contributed by atoms with Crippen molar-refractivity contribution in [3.63, 3.8) is 0 Å². The first kappa shape index (κ1) is 12.7. The van der Waals surface area contributed by atoms with Crippen LogP contribution in [0.25, 0.3) is 0 Å². The Morgan fingerprint density at radius 2 is 2.11 bits per heavy atom. The molecule has 0 N–H and O–H groups in total. The van der Waals surface area contributed by atoms with Crippen molar-refractivity contribution < 1.29 is 4.79 Å². The van der Waals surface area contributed by atoms with Crippen molar-refractivity contribution in [2.24, 2.45) is 0 Å². The number of aryl methyl sites for hydroxylation is 1. The van der Waals surface area contributed by atoms with Crippen molar-refractivity contribution in [3.05, 3.63) is 58.6 Å². The van der Waals surface area contributed by atoms with Gasteiger partial charge in [-0.15, -0.1) is 0 Å². The Kier molecular flexibility index (Phi) is 4.05. The molecule has 0 aliphatic carbocycles. The number of halogens is 1. The fourth-order valence-corrected chi connectivity index (χ4v) is 1.97. The van der Waals surface area contributed by atoms with Crippen molar-refractivity contribution in [1.29, 1.82) is 0 Å². The number of carbonyl (C=O) groups is 1. The van der Waals surface area contributed by atoms with Crippen LogP contribution in [0, 0.1) is 0 Å². The maximum Gasteiger partial charge on any atom is 0.185 e. The summed E-state index contributed by atoms with van der Waals surface area (Å²) in [5.74, 6) is -0.0134. The first-order valence-corrected chi connectivity index (χ1v) is 6.15.